The van der Waals surface area contributed by atoms with Crippen molar-refractivity contribution in [1.82, 2.24) is 20.0 Å². The lowest BCUT2D eigenvalue weighted by molar-refractivity contribution is 0.0712. The maximum Gasteiger partial charge on any atom is 0.264 e. The van der Waals surface area contributed by atoms with Crippen LogP contribution >= 0.6 is 0 Å². The molecule has 3 aromatic heterocycles. The number of halogens is 2. The van der Waals surface area contributed by atoms with Gasteiger partial charge in [-0.2, -0.15) is 0 Å². The molecule has 140 valence electrons. The lowest BCUT2D eigenvalue weighted by Crippen LogP contribution is -2.38. The molecule has 0 spiro atoms. The summed E-state index contributed by atoms with van der Waals surface area (Å²) in [5.74, 6) is -0.0443. The summed E-state index contributed by atoms with van der Waals surface area (Å²) >= 11 is 0. The molecule has 1 fully saturated rings. The van der Waals surface area contributed by atoms with Crippen LogP contribution in [0.25, 0.3) is 11.1 Å². The third-order valence-electron chi connectivity index (χ3n) is 5.03. The Bertz CT molecular complexity index is 967. The largest absolute Gasteiger partial charge is 0.339 e. The normalized spacial score (nSPS) is 15.6. The van der Waals surface area contributed by atoms with Crippen LogP contribution in [-0.2, 0) is 0 Å². The molecule has 1 aliphatic heterocycles. The number of nitrogens with zero attached hydrogens (tertiary/aromatic N) is 4. The van der Waals surface area contributed by atoms with Gasteiger partial charge in [0.15, 0.2) is 0 Å². The zero-order valence-corrected chi connectivity index (χ0v) is 14.7. The number of amides is 1. The number of rotatable bonds is 3. The summed E-state index contributed by atoms with van der Waals surface area (Å²) in [5, 5.41) is 4.06. The van der Waals surface area contributed by atoms with Gasteiger partial charge in [0, 0.05) is 48.2 Å². The van der Waals surface area contributed by atoms with E-state index in [1.807, 2.05) is 0 Å². The van der Waals surface area contributed by atoms with E-state index in [4.69, 9.17) is 4.52 Å². The quantitative estimate of drug-likeness (QED) is 0.698. The molecule has 0 unspecified atom stereocenters. The standard InChI is InChI=1S/C19H18F2N4O2/c1-11-16-14(17(20)21)10-15(23-18(16)27-24-11)12-4-8-25(9-5-12)19(26)13-2-6-22-7-3-13/h2-3,6-7,10,12,17H,4-5,8-9H2,1H3. The van der Waals surface area contributed by atoms with E-state index in [-0.39, 0.29) is 23.1 Å². The summed E-state index contributed by atoms with van der Waals surface area (Å²) in [7, 11) is 0. The van der Waals surface area contributed by atoms with E-state index in [0.29, 0.717) is 48.3 Å². The topological polar surface area (TPSA) is 72.1 Å². The number of pyridine rings is 2. The molecule has 0 aliphatic carbocycles. The minimum Gasteiger partial charge on any atom is -0.339 e. The van der Waals surface area contributed by atoms with Gasteiger partial charge in [-0.3, -0.25) is 9.78 Å². The number of hydrogen-bond donors (Lipinski definition) is 0. The van der Waals surface area contributed by atoms with Gasteiger partial charge < -0.3 is 9.42 Å². The second-order valence-corrected chi connectivity index (χ2v) is 6.69. The molecule has 0 aromatic carbocycles. The smallest absolute Gasteiger partial charge is 0.264 e. The molecule has 8 heteroatoms. The highest BCUT2D eigenvalue weighted by molar-refractivity contribution is 5.94. The molecule has 4 rings (SSSR count). The Morgan fingerprint density at radius 1 is 1.26 bits per heavy atom. The van der Waals surface area contributed by atoms with Crippen LogP contribution in [0.2, 0.25) is 0 Å². The number of alkyl halides is 2. The molecule has 1 saturated heterocycles. The number of piperidine rings is 1. The first-order valence-corrected chi connectivity index (χ1v) is 8.79. The highest BCUT2D eigenvalue weighted by atomic mass is 19.3. The Kier molecular flexibility index (Phi) is 4.55. The van der Waals surface area contributed by atoms with Crippen molar-refractivity contribution in [2.24, 2.45) is 0 Å². The number of fused-ring (bicyclic) bond motifs is 1. The van der Waals surface area contributed by atoms with E-state index in [1.165, 1.54) is 6.07 Å². The molecule has 0 radical (unpaired) electrons. The summed E-state index contributed by atoms with van der Waals surface area (Å²) in [6.07, 6.45) is 1.87. The first-order valence-electron chi connectivity index (χ1n) is 8.79. The lowest BCUT2D eigenvalue weighted by Gasteiger charge is -2.32. The highest BCUT2D eigenvalue weighted by Crippen LogP contribution is 2.34. The van der Waals surface area contributed by atoms with E-state index in [1.54, 1.807) is 36.4 Å². The van der Waals surface area contributed by atoms with Gasteiger partial charge in [0.2, 0.25) is 0 Å². The van der Waals surface area contributed by atoms with Crippen molar-refractivity contribution in [3.8, 4) is 0 Å². The van der Waals surface area contributed by atoms with Crippen LogP contribution in [0.4, 0.5) is 8.78 Å². The Morgan fingerprint density at radius 3 is 2.63 bits per heavy atom. The fraction of sp³-hybridized carbons (Fsp3) is 0.368. The third kappa shape index (κ3) is 3.27. The first kappa shape index (κ1) is 17.5. The zero-order chi connectivity index (χ0) is 19.0. The average Bonchev–Trinajstić information content (AvgIpc) is 3.08. The van der Waals surface area contributed by atoms with Gasteiger partial charge in [0.05, 0.1) is 11.1 Å². The number of hydrogen-bond acceptors (Lipinski definition) is 5. The van der Waals surface area contributed by atoms with Crippen molar-refractivity contribution in [2.45, 2.75) is 32.1 Å². The van der Waals surface area contributed by atoms with Crippen molar-refractivity contribution >= 4 is 17.0 Å². The molecule has 0 atom stereocenters. The predicted octanol–water partition coefficient (Wildman–Crippen LogP) is 3.88. The summed E-state index contributed by atoms with van der Waals surface area (Å²) in [4.78, 5) is 22.6. The van der Waals surface area contributed by atoms with Gasteiger partial charge in [-0.1, -0.05) is 5.16 Å². The molecule has 1 aliphatic rings. The van der Waals surface area contributed by atoms with Crippen LogP contribution in [0.15, 0.2) is 35.1 Å². The minimum absolute atomic E-state index is 0.00111. The first-order chi connectivity index (χ1) is 13.0. The minimum atomic E-state index is -2.62. The molecule has 1 amide bonds. The van der Waals surface area contributed by atoms with Crippen LogP contribution in [0.1, 0.15) is 52.5 Å². The van der Waals surface area contributed by atoms with E-state index >= 15 is 0 Å². The summed E-state index contributed by atoms with van der Waals surface area (Å²) in [6.45, 7) is 2.72. The van der Waals surface area contributed by atoms with Crippen molar-refractivity contribution in [3.63, 3.8) is 0 Å². The fourth-order valence-electron chi connectivity index (χ4n) is 3.58. The average molecular weight is 372 g/mol. The Hall–Kier alpha value is -2.90. The molecule has 0 N–H and O–H groups in total. The predicted molar refractivity (Wildman–Crippen MR) is 93.6 cm³/mol. The van der Waals surface area contributed by atoms with E-state index in [2.05, 4.69) is 15.1 Å². The summed E-state index contributed by atoms with van der Waals surface area (Å²) in [5.41, 5.74) is 1.64. The molecule has 0 saturated carbocycles. The fourth-order valence-corrected chi connectivity index (χ4v) is 3.58. The summed E-state index contributed by atoms with van der Waals surface area (Å²) < 4.78 is 32.1. The van der Waals surface area contributed by atoms with Crippen LogP contribution in [0, 0.1) is 6.92 Å². The van der Waals surface area contributed by atoms with Crippen molar-refractivity contribution in [3.05, 3.63) is 53.1 Å². The Balaban J connectivity index is 1.54. The second kappa shape index (κ2) is 7.02. The monoisotopic (exact) mass is 372 g/mol. The molecule has 6 nitrogen and oxygen atoms in total. The van der Waals surface area contributed by atoms with E-state index in [0.717, 1.165) is 0 Å². The molecular formula is C19H18F2N4O2. The maximum atomic E-state index is 13.5. The van der Waals surface area contributed by atoms with Crippen molar-refractivity contribution < 1.29 is 18.1 Å². The molecule has 3 aromatic rings. The second-order valence-electron chi connectivity index (χ2n) is 6.69. The van der Waals surface area contributed by atoms with Crippen molar-refractivity contribution in [2.75, 3.05) is 13.1 Å². The van der Waals surface area contributed by atoms with Gasteiger partial charge in [0.1, 0.15) is 0 Å². The molecule has 27 heavy (non-hydrogen) atoms. The molecule has 0 bridgehead atoms. The van der Waals surface area contributed by atoms with Gasteiger partial charge >= 0.3 is 0 Å². The van der Waals surface area contributed by atoms with E-state index < -0.39 is 6.43 Å². The number of aromatic nitrogens is 3. The number of carbonyl (C=O) groups excluding carboxylic acids is 1. The SMILES string of the molecule is Cc1noc2nc(C3CCN(C(=O)c4ccncc4)CC3)cc(C(F)F)c12. The Morgan fingerprint density at radius 2 is 1.96 bits per heavy atom. The molecular weight excluding hydrogens is 354 g/mol. The van der Waals surface area contributed by atoms with Crippen molar-refractivity contribution in [1.29, 1.82) is 0 Å². The third-order valence-corrected chi connectivity index (χ3v) is 5.03. The van der Waals surface area contributed by atoms with Gasteiger partial charge in [0.25, 0.3) is 18.0 Å². The molecule has 4 heterocycles. The van der Waals surface area contributed by atoms with E-state index in [9.17, 15) is 13.6 Å². The number of likely N-dealkylation sites (tertiary alicyclic amines) is 1. The number of aryl methyl sites for hydroxylation is 1. The highest BCUT2D eigenvalue weighted by Gasteiger charge is 2.28. The zero-order valence-electron chi connectivity index (χ0n) is 14.7. The lowest BCUT2D eigenvalue weighted by atomic mass is 9.91. The van der Waals surface area contributed by atoms with Crippen LogP contribution in [0.5, 0.6) is 0 Å². The van der Waals surface area contributed by atoms with Crippen LogP contribution in [0.3, 0.4) is 0 Å². The van der Waals surface area contributed by atoms with Gasteiger partial charge in [-0.25, -0.2) is 13.8 Å². The van der Waals surface area contributed by atoms with Crippen LogP contribution < -0.4 is 0 Å². The Labute approximate surface area is 154 Å². The summed E-state index contributed by atoms with van der Waals surface area (Å²) in [6, 6.07) is 4.83. The van der Waals surface area contributed by atoms with Gasteiger partial charge in [-0.05, 0) is 38.0 Å². The van der Waals surface area contributed by atoms with Crippen LogP contribution in [-0.4, -0.2) is 39.0 Å². The van der Waals surface area contributed by atoms with Gasteiger partial charge in [-0.15, -0.1) is 0 Å². The maximum absolute atomic E-state index is 13.5. The number of carbonyl (C=O) groups is 1.